The lowest BCUT2D eigenvalue weighted by Crippen LogP contribution is -2.31. The van der Waals surface area contributed by atoms with Crippen LogP contribution in [0.4, 0.5) is 5.82 Å². The molecule has 0 aliphatic heterocycles. The molecule has 0 saturated carbocycles. The zero-order valence-electron chi connectivity index (χ0n) is 18.8. The van der Waals surface area contributed by atoms with Gasteiger partial charge in [-0.25, -0.2) is 14.6 Å². The third-order valence-corrected chi connectivity index (χ3v) is 5.56. The van der Waals surface area contributed by atoms with Crippen LogP contribution in [0.15, 0.2) is 35.6 Å². The summed E-state index contributed by atoms with van der Waals surface area (Å²) in [6.45, 7) is 5.92. The summed E-state index contributed by atoms with van der Waals surface area (Å²) in [6, 6.07) is 7.15. The van der Waals surface area contributed by atoms with Crippen molar-refractivity contribution >= 4 is 34.5 Å². The van der Waals surface area contributed by atoms with Crippen molar-refractivity contribution in [3.8, 4) is 11.5 Å². The SMILES string of the molecule is CCCNc1nc(SCCC)nc2c1cnn2CCNC(=O)COc1cccc(OC)c1. The molecule has 0 saturated heterocycles. The Balaban J connectivity index is 1.59. The lowest BCUT2D eigenvalue weighted by atomic mass is 10.3. The number of anilines is 1. The Morgan fingerprint density at radius 3 is 2.78 bits per heavy atom. The summed E-state index contributed by atoms with van der Waals surface area (Å²) in [4.78, 5) is 21.5. The fraction of sp³-hybridized carbons (Fsp3) is 0.455. The lowest BCUT2D eigenvalue weighted by molar-refractivity contribution is -0.123. The molecular weight excluding hydrogens is 428 g/mol. The average molecular weight is 459 g/mol. The van der Waals surface area contributed by atoms with Gasteiger partial charge in [0.1, 0.15) is 17.3 Å². The molecule has 2 heterocycles. The molecule has 3 aromatic rings. The molecule has 3 rings (SSSR count). The van der Waals surface area contributed by atoms with E-state index in [1.807, 2.05) is 12.1 Å². The number of thioether (sulfide) groups is 1. The van der Waals surface area contributed by atoms with Crippen molar-refractivity contribution < 1.29 is 14.3 Å². The van der Waals surface area contributed by atoms with E-state index in [1.54, 1.807) is 41.9 Å². The lowest BCUT2D eigenvalue weighted by Gasteiger charge is -2.10. The largest absolute Gasteiger partial charge is 0.497 e. The van der Waals surface area contributed by atoms with Crippen LogP contribution in [0.5, 0.6) is 11.5 Å². The number of benzene rings is 1. The van der Waals surface area contributed by atoms with Crippen molar-refractivity contribution in [2.75, 3.05) is 37.9 Å². The van der Waals surface area contributed by atoms with Crippen molar-refractivity contribution in [3.63, 3.8) is 0 Å². The van der Waals surface area contributed by atoms with E-state index in [4.69, 9.17) is 14.5 Å². The summed E-state index contributed by atoms with van der Waals surface area (Å²) in [5.74, 6) is 2.81. The maximum absolute atomic E-state index is 12.2. The smallest absolute Gasteiger partial charge is 0.258 e. The minimum Gasteiger partial charge on any atom is -0.497 e. The number of ether oxygens (including phenoxy) is 2. The minimum atomic E-state index is -0.205. The van der Waals surface area contributed by atoms with Crippen LogP contribution in [0.3, 0.4) is 0 Å². The highest BCUT2D eigenvalue weighted by Crippen LogP contribution is 2.24. The predicted octanol–water partition coefficient (Wildman–Crippen LogP) is 3.35. The zero-order chi connectivity index (χ0) is 22.8. The van der Waals surface area contributed by atoms with E-state index in [2.05, 4.69) is 34.6 Å². The maximum atomic E-state index is 12.2. The fourth-order valence-electron chi connectivity index (χ4n) is 2.93. The van der Waals surface area contributed by atoms with Gasteiger partial charge in [-0.3, -0.25) is 4.79 Å². The number of fused-ring (bicyclic) bond motifs is 1. The van der Waals surface area contributed by atoms with Crippen molar-refractivity contribution in [3.05, 3.63) is 30.5 Å². The molecule has 32 heavy (non-hydrogen) atoms. The Hall–Kier alpha value is -3.01. The minimum absolute atomic E-state index is 0.0713. The number of hydrogen-bond acceptors (Lipinski definition) is 8. The summed E-state index contributed by atoms with van der Waals surface area (Å²) < 4.78 is 12.5. The fourth-order valence-corrected chi connectivity index (χ4v) is 3.62. The molecule has 0 aliphatic carbocycles. The van der Waals surface area contributed by atoms with E-state index in [-0.39, 0.29) is 12.5 Å². The molecule has 0 aliphatic rings. The van der Waals surface area contributed by atoms with Gasteiger partial charge in [0.05, 0.1) is 25.2 Å². The zero-order valence-corrected chi connectivity index (χ0v) is 19.6. The second kappa shape index (κ2) is 12.1. The number of hydrogen-bond donors (Lipinski definition) is 2. The summed E-state index contributed by atoms with van der Waals surface area (Å²) >= 11 is 1.63. The van der Waals surface area contributed by atoms with Crippen molar-refractivity contribution in [2.45, 2.75) is 38.4 Å². The molecule has 0 atom stereocenters. The van der Waals surface area contributed by atoms with Crippen LogP contribution in [0, 0.1) is 0 Å². The van der Waals surface area contributed by atoms with Crippen LogP contribution in [0.2, 0.25) is 0 Å². The van der Waals surface area contributed by atoms with Gasteiger partial charge in [0.2, 0.25) is 0 Å². The Morgan fingerprint density at radius 1 is 1.16 bits per heavy atom. The first-order chi connectivity index (χ1) is 15.6. The first-order valence-corrected chi connectivity index (χ1v) is 11.8. The van der Waals surface area contributed by atoms with Crippen LogP contribution in [0.1, 0.15) is 26.7 Å². The number of nitrogens with one attached hydrogen (secondary N) is 2. The number of nitrogens with zero attached hydrogens (tertiary/aromatic N) is 4. The average Bonchev–Trinajstić information content (AvgIpc) is 3.23. The van der Waals surface area contributed by atoms with Gasteiger partial charge >= 0.3 is 0 Å². The third-order valence-electron chi connectivity index (χ3n) is 4.51. The molecule has 172 valence electrons. The molecule has 2 N–H and O–H groups in total. The summed E-state index contributed by atoms with van der Waals surface area (Å²) in [7, 11) is 1.59. The highest BCUT2D eigenvalue weighted by Gasteiger charge is 2.13. The van der Waals surface area contributed by atoms with E-state index >= 15 is 0 Å². The Kier molecular flexibility index (Phi) is 8.97. The van der Waals surface area contributed by atoms with Crippen molar-refractivity contribution in [2.24, 2.45) is 0 Å². The topological polar surface area (TPSA) is 103 Å². The first-order valence-electron chi connectivity index (χ1n) is 10.8. The number of carbonyl (C=O) groups excluding carboxylic acids is 1. The monoisotopic (exact) mass is 458 g/mol. The molecule has 1 aromatic carbocycles. The number of rotatable bonds is 13. The highest BCUT2D eigenvalue weighted by atomic mass is 32.2. The second-order valence-electron chi connectivity index (χ2n) is 7.05. The van der Waals surface area contributed by atoms with E-state index < -0.39 is 0 Å². The van der Waals surface area contributed by atoms with E-state index in [9.17, 15) is 4.79 Å². The van der Waals surface area contributed by atoms with Crippen LogP contribution < -0.4 is 20.1 Å². The Bertz CT molecular complexity index is 1030. The molecule has 0 spiro atoms. The quantitative estimate of drug-likeness (QED) is 0.297. The molecule has 1 amide bonds. The molecule has 0 bridgehead atoms. The predicted molar refractivity (Wildman–Crippen MR) is 127 cm³/mol. The number of carbonyl (C=O) groups is 1. The van der Waals surface area contributed by atoms with Gasteiger partial charge in [0.15, 0.2) is 17.4 Å². The Morgan fingerprint density at radius 2 is 2.00 bits per heavy atom. The molecule has 10 heteroatoms. The van der Waals surface area contributed by atoms with Gasteiger partial charge in [-0.1, -0.05) is 31.7 Å². The molecule has 9 nitrogen and oxygen atoms in total. The Labute approximate surface area is 192 Å². The highest BCUT2D eigenvalue weighted by molar-refractivity contribution is 7.99. The molecular formula is C22H30N6O3S. The van der Waals surface area contributed by atoms with Gasteiger partial charge in [-0.2, -0.15) is 5.10 Å². The van der Waals surface area contributed by atoms with Crippen molar-refractivity contribution in [1.29, 1.82) is 0 Å². The number of aromatic nitrogens is 4. The molecule has 0 unspecified atom stereocenters. The first kappa shape index (κ1) is 23.6. The molecule has 2 aromatic heterocycles. The second-order valence-corrected chi connectivity index (χ2v) is 8.11. The van der Waals surface area contributed by atoms with Gasteiger partial charge in [-0.15, -0.1) is 0 Å². The maximum Gasteiger partial charge on any atom is 0.258 e. The number of amides is 1. The number of methoxy groups -OCH3 is 1. The molecule has 0 radical (unpaired) electrons. The van der Waals surface area contributed by atoms with Crippen LogP contribution in [0.25, 0.3) is 11.0 Å². The summed E-state index contributed by atoms with van der Waals surface area (Å²) in [6.07, 6.45) is 3.82. The van der Waals surface area contributed by atoms with E-state index in [0.29, 0.717) is 24.6 Å². The molecule has 0 fully saturated rings. The normalized spacial score (nSPS) is 10.8. The third kappa shape index (κ3) is 6.49. The van der Waals surface area contributed by atoms with Gasteiger partial charge in [-0.05, 0) is 25.0 Å². The van der Waals surface area contributed by atoms with Crippen LogP contribution >= 0.6 is 11.8 Å². The van der Waals surface area contributed by atoms with Crippen LogP contribution in [-0.4, -0.2) is 58.2 Å². The van der Waals surface area contributed by atoms with E-state index in [0.717, 1.165) is 47.1 Å². The van der Waals surface area contributed by atoms with Crippen LogP contribution in [-0.2, 0) is 11.3 Å². The van der Waals surface area contributed by atoms with Gasteiger partial charge < -0.3 is 20.1 Å². The summed E-state index contributed by atoms with van der Waals surface area (Å²) in [5, 5.41) is 12.3. The van der Waals surface area contributed by atoms with E-state index in [1.165, 1.54) is 0 Å². The van der Waals surface area contributed by atoms with Crippen molar-refractivity contribution in [1.82, 2.24) is 25.1 Å². The van der Waals surface area contributed by atoms with Gasteiger partial charge in [0.25, 0.3) is 5.91 Å². The standard InChI is InChI=1S/C22H30N6O3S/c1-4-9-24-20-18-14-25-28(21(18)27-22(26-20)32-12-5-2)11-10-23-19(29)15-31-17-8-6-7-16(13-17)30-3/h6-8,13-14H,4-5,9-12,15H2,1-3H3,(H,23,29)(H,24,26,27). The van der Waals surface area contributed by atoms with Gasteiger partial charge in [0, 0.05) is 24.9 Å². The summed E-state index contributed by atoms with van der Waals surface area (Å²) in [5.41, 5.74) is 0.763.